The molecule has 0 spiro atoms. The molecule has 22 heavy (non-hydrogen) atoms. The fraction of sp³-hybridized carbons (Fsp3) is 0.438. The first kappa shape index (κ1) is 15.1. The highest BCUT2D eigenvalue weighted by Gasteiger charge is 2.27. The number of hydrogen-bond donors (Lipinski definition) is 1. The second-order valence-electron chi connectivity index (χ2n) is 5.46. The van der Waals surface area contributed by atoms with E-state index < -0.39 is 0 Å². The highest BCUT2D eigenvalue weighted by molar-refractivity contribution is 7.07. The largest absolute Gasteiger partial charge is 0.328 e. The van der Waals surface area contributed by atoms with Crippen LogP contribution in [0, 0.1) is 0 Å². The van der Waals surface area contributed by atoms with Crippen LogP contribution >= 0.6 is 11.3 Å². The summed E-state index contributed by atoms with van der Waals surface area (Å²) in [4.78, 5) is 23.4. The standard InChI is InChI=1S/C16H20N4OS/c21-16(15-11-22-12-19-15)20(10-13-4-1-2-8-18-13)14-5-3-7-17-9-6-14/h1-2,4,8,11-12,14,17H,3,5-7,9-10H2. The Bertz CT molecular complexity index is 579. The zero-order chi connectivity index (χ0) is 15.2. The quantitative estimate of drug-likeness (QED) is 0.940. The number of nitrogens with one attached hydrogen (secondary N) is 1. The molecule has 1 atom stereocenters. The first-order chi connectivity index (χ1) is 10.8. The summed E-state index contributed by atoms with van der Waals surface area (Å²) in [6.45, 7) is 2.52. The predicted octanol–water partition coefficient (Wildman–Crippen LogP) is 2.32. The molecule has 1 amide bonds. The van der Waals surface area contributed by atoms with Crippen molar-refractivity contribution in [2.45, 2.75) is 31.8 Å². The Hall–Kier alpha value is -1.79. The summed E-state index contributed by atoms with van der Waals surface area (Å²) < 4.78 is 0. The number of carbonyl (C=O) groups excluding carboxylic acids is 1. The molecule has 1 fully saturated rings. The van der Waals surface area contributed by atoms with Crippen LogP contribution in [0.5, 0.6) is 0 Å². The molecule has 2 aromatic rings. The summed E-state index contributed by atoms with van der Waals surface area (Å²) in [7, 11) is 0. The summed E-state index contributed by atoms with van der Waals surface area (Å²) in [5.41, 5.74) is 3.17. The minimum absolute atomic E-state index is 0.0128. The molecule has 3 rings (SSSR count). The van der Waals surface area contributed by atoms with Gasteiger partial charge in [0.2, 0.25) is 0 Å². The van der Waals surface area contributed by atoms with Crippen LogP contribution < -0.4 is 5.32 Å². The first-order valence-electron chi connectivity index (χ1n) is 7.64. The topological polar surface area (TPSA) is 58.1 Å². The van der Waals surface area contributed by atoms with Gasteiger partial charge in [-0.1, -0.05) is 6.07 Å². The van der Waals surface area contributed by atoms with E-state index in [9.17, 15) is 4.79 Å². The van der Waals surface area contributed by atoms with Crippen molar-refractivity contribution in [3.05, 3.63) is 46.7 Å². The van der Waals surface area contributed by atoms with Crippen LogP contribution in [0.15, 0.2) is 35.3 Å². The number of hydrogen-bond acceptors (Lipinski definition) is 5. The predicted molar refractivity (Wildman–Crippen MR) is 86.7 cm³/mol. The van der Waals surface area contributed by atoms with Gasteiger partial charge in [0.05, 0.1) is 17.7 Å². The van der Waals surface area contributed by atoms with Gasteiger partial charge in [0, 0.05) is 17.6 Å². The maximum Gasteiger partial charge on any atom is 0.273 e. The van der Waals surface area contributed by atoms with E-state index in [0.717, 1.165) is 38.0 Å². The SMILES string of the molecule is O=C(c1cscn1)N(Cc1ccccn1)C1CCCNCC1. The van der Waals surface area contributed by atoms with Crippen LogP contribution in [0.1, 0.15) is 35.4 Å². The average Bonchev–Trinajstić information content (AvgIpc) is 2.96. The summed E-state index contributed by atoms with van der Waals surface area (Å²) in [6, 6.07) is 6.07. The normalized spacial score (nSPS) is 18.6. The van der Waals surface area contributed by atoms with E-state index in [-0.39, 0.29) is 11.9 Å². The summed E-state index contributed by atoms with van der Waals surface area (Å²) >= 11 is 1.46. The molecule has 1 N–H and O–H groups in total. The number of nitrogens with zero attached hydrogens (tertiary/aromatic N) is 3. The molecule has 1 aliphatic rings. The first-order valence-corrected chi connectivity index (χ1v) is 8.58. The molecule has 0 saturated carbocycles. The van der Waals surface area contributed by atoms with Crippen molar-refractivity contribution >= 4 is 17.2 Å². The third-order valence-corrected chi connectivity index (χ3v) is 4.54. The fourth-order valence-corrected chi connectivity index (χ4v) is 3.34. The second kappa shape index (κ2) is 7.47. The molecular formula is C16H20N4OS. The van der Waals surface area contributed by atoms with Gasteiger partial charge in [0.15, 0.2) is 0 Å². The molecule has 5 nitrogen and oxygen atoms in total. The van der Waals surface area contributed by atoms with Gasteiger partial charge in [-0.2, -0.15) is 0 Å². The third kappa shape index (κ3) is 3.69. The second-order valence-corrected chi connectivity index (χ2v) is 6.18. The van der Waals surface area contributed by atoms with E-state index in [1.54, 1.807) is 11.7 Å². The minimum atomic E-state index is 0.0128. The van der Waals surface area contributed by atoms with Crippen molar-refractivity contribution in [1.29, 1.82) is 0 Å². The maximum absolute atomic E-state index is 12.8. The molecule has 1 saturated heterocycles. The van der Waals surface area contributed by atoms with Crippen LogP contribution in [0.3, 0.4) is 0 Å². The number of rotatable bonds is 4. The van der Waals surface area contributed by atoms with E-state index in [0.29, 0.717) is 12.2 Å². The van der Waals surface area contributed by atoms with Gasteiger partial charge in [0.25, 0.3) is 5.91 Å². The monoisotopic (exact) mass is 316 g/mol. The van der Waals surface area contributed by atoms with E-state index in [1.165, 1.54) is 11.3 Å². The van der Waals surface area contributed by atoms with Gasteiger partial charge < -0.3 is 10.2 Å². The van der Waals surface area contributed by atoms with Crippen molar-refractivity contribution < 1.29 is 4.79 Å². The fourth-order valence-electron chi connectivity index (χ4n) is 2.81. The highest BCUT2D eigenvalue weighted by Crippen LogP contribution is 2.19. The van der Waals surface area contributed by atoms with Crippen LogP contribution in [0.25, 0.3) is 0 Å². The smallest absolute Gasteiger partial charge is 0.273 e. The lowest BCUT2D eigenvalue weighted by atomic mass is 10.1. The van der Waals surface area contributed by atoms with Gasteiger partial charge in [-0.3, -0.25) is 9.78 Å². The third-order valence-electron chi connectivity index (χ3n) is 3.96. The molecule has 3 heterocycles. The molecule has 0 aliphatic carbocycles. The van der Waals surface area contributed by atoms with Crippen LogP contribution in [-0.2, 0) is 6.54 Å². The van der Waals surface area contributed by atoms with Crippen molar-refractivity contribution in [1.82, 2.24) is 20.2 Å². The molecule has 2 aromatic heterocycles. The summed E-state index contributed by atoms with van der Waals surface area (Å²) in [5.74, 6) is 0.0128. The molecule has 116 valence electrons. The number of carbonyl (C=O) groups is 1. The molecule has 0 bridgehead atoms. The number of thiazole rings is 1. The molecule has 6 heteroatoms. The number of amides is 1. The van der Waals surface area contributed by atoms with Crippen molar-refractivity contribution in [2.24, 2.45) is 0 Å². The molecular weight excluding hydrogens is 296 g/mol. The van der Waals surface area contributed by atoms with E-state index in [2.05, 4.69) is 15.3 Å². The minimum Gasteiger partial charge on any atom is -0.328 e. The Labute approximate surface area is 134 Å². The highest BCUT2D eigenvalue weighted by atomic mass is 32.1. The van der Waals surface area contributed by atoms with E-state index in [1.807, 2.05) is 28.5 Å². The van der Waals surface area contributed by atoms with Crippen molar-refractivity contribution in [2.75, 3.05) is 13.1 Å². The molecule has 0 aromatic carbocycles. The van der Waals surface area contributed by atoms with Crippen molar-refractivity contribution in [3.63, 3.8) is 0 Å². The summed E-state index contributed by atoms with van der Waals surface area (Å²) in [5, 5.41) is 5.22. The van der Waals surface area contributed by atoms with Crippen LogP contribution in [-0.4, -0.2) is 39.9 Å². The lowest BCUT2D eigenvalue weighted by Crippen LogP contribution is -2.40. The van der Waals surface area contributed by atoms with Crippen molar-refractivity contribution in [3.8, 4) is 0 Å². The Kier molecular flexibility index (Phi) is 5.13. The van der Waals surface area contributed by atoms with Crippen LogP contribution in [0.4, 0.5) is 0 Å². The Morgan fingerprint density at radius 1 is 1.32 bits per heavy atom. The van der Waals surface area contributed by atoms with Gasteiger partial charge in [0.1, 0.15) is 5.69 Å². The zero-order valence-corrected chi connectivity index (χ0v) is 13.3. The van der Waals surface area contributed by atoms with Gasteiger partial charge >= 0.3 is 0 Å². The van der Waals surface area contributed by atoms with Gasteiger partial charge in [-0.05, 0) is 44.5 Å². The lowest BCUT2D eigenvalue weighted by Gasteiger charge is -2.30. The Balaban J connectivity index is 1.82. The van der Waals surface area contributed by atoms with Gasteiger partial charge in [-0.15, -0.1) is 11.3 Å². The average molecular weight is 316 g/mol. The Morgan fingerprint density at radius 3 is 3.05 bits per heavy atom. The van der Waals surface area contributed by atoms with E-state index >= 15 is 0 Å². The molecule has 1 aliphatic heterocycles. The van der Waals surface area contributed by atoms with Crippen LogP contribution in [0.2, 0.25) is 0 Å². The summed E-state index contributed by atoms with van der Waals surface area (Å²) in [6.07, 6.45) is 4.86. The molecule has 0 radical (unpaired) electrons. The Morgan fingerprint density at radius 2 is 2.27 bits per heavy atom. The zero-order valence-electron chi connectivity index (χ0n) is 12.4. The number of pyridine rings is 1. The number of aromatic nitrogens is 2. The lowest BCUT2D eigenvalue weighted by molar-refractivity contribution is 0.0637. The van der Waals surface area contributed by atoms with Gasteiger partial charge in [-0.25, -0.2) is 4.98 Å². The maximum atomic E-state index is 12.8. The molecule has 1 unspecified atom stereocenters. The van der Waals surface area contributed by atoms with E-state index in [4.69, 9.17) is 0 Å².